The summed E-state index contributed by atoms with van der Waals surface area (Å²) in [6, 6.07) is 24.2. The number of rotatable bonds is 17. The van der Waals surface area contributed by atoms with Crippen molar-refractivity contribution in [1.29, 1.82) is 0 Å². The van der Waals surface area contributed by atoms with E-state index in [1.807, 2.05) is 38.6 Å². The summed E-state index contributed by atoms with van der Waals surface area (Å²) in [5.74, 6) is 1.10. The molecule has 244 valence electrons. The van der Waals surface area contributed by atoms with Gasteiger partial charge in [-0.2, -0.15) is 0 Å². The second-order valence-corrected chi connectivity index (χ2v) is 11.0. The molecule has 1 heterocycles. The molecule has 4 aromatic rings. The Labute approximate surface area is 282 Å². The van der Waals surface area contributed by atoms with Gasteiger partial charge in [0.05, 0.1) is 17.7 Å². The highest BCUT2D eigenvalue weighted by atomic mass is 79.9. The quantitative estimate of drug-likeness (QED) is 0.0483. The molecule has 0 aliphatic heterocycles. The smallest absolute Gasteiger partial charge is 0.343 e. The molecule has 0 atom stereocenters. The number of halogens is 1. The molecule has 0 spiro atoms. The lowest BCUT2D eigenvalue weighted by molar-refractivity contribution is -0.697. The highest BCUT2D eigenvalue weighted by molar-refractivity contribution is 8.93. The third-order valence-corrected chi connectivity index (χ3v) is 7.20. The van der Waals surface area contributed by atoms with E-state index < -0.39 is 11.9 Å². The zero-order chi connectivity index (χ0) is 31.9. The number of nitrogens with zero attached hydrogens (tertiary/aromatic N) is 2. The Bertz CT molecular complexity index is 1470. The second kappa shape index (κ2) is 19.2. The van der Waals surface area contributed by atoms with Gasteiger partial charge in [0.1, 0.15) is 29.6 Å². The summed E-state index contributed by atoms with van der Waals surface area (Å²) >= 11 is 0. The van der Waals surface area contributed by atoms with Gasteiger partial charge in [-0.1, -0.05) is 39.0 Å². The van der Waals surface area contributed by atoms with E-state index in [1.54, 1.807) is 72.8 Å². The average molecular weight is 693 g/mol. The number of benzene rings is 3. The molecule has 0 radical (unpaired) electrons. The number of carbonyl (C=O) groups is 2. The minimum atomic E-state index is -0.498. The average Bonchev–Trinajstić information content (AvgIpc) is 3.06. The van der Waals surface area contributed by atoms with Crippen molar-refractivity contribution in [3.8, 4) is 23.0 Å². The summed E-state index contributed by atoms with van der Waals surface area (Å²) in [5.41, 5.74) is 1.95. The van der Waals surface area contributed by atoms with Crippen molar-refractivity contribution in [2.75, 3.05) is 32.2 Å². The van der Waals surface area contributed by atoms with Crippen molar-refractivity contribution in [2.45, 2.75) is 52.0 Å². The highest BCUT2D eigenvalue weighted by Gasteiger charge is 2.12. The first-order valence-electron chi connectivity index (χ1n) is 15.6. The first-order valence-corrected chi connectivity index (χ1v) is 15.6. The van der Waals surface area contributed by atoms with E-state index in [-0.39, 0.29) is 17.0 Å². The van der Waals surface area contributed by atoms with E-state index in [1.165, 1.54) is 32.1 Å². The van der Waals surface area contributed by atoms with E-state index in [2.05, 4.69) is 16.4 Å². The number of anilines is 1. The molecule has 0 N–H and O–H groups in total. The summed E-state index contributed by atoms with van der Waals surface area (Å²) in [6.45, 7) is 4.07. The van der Waals surface area contributed by atoms with E-state index in [4.69, 9.17) is 18.9 Å². The van der Waals surface area contributed by atoms with Crippen molar-refractivity contribution in [1.82, 2.24) is 0 Å². The maximum absolute atomic E-state index is 12.6. The van der Waals surface area contributed by atoms with Crippen molar-refractivity contribution in [3.05, 3.63) is 108 Å². The first kappa shape index (κ1) is 36.1. The highest BCUT2D eigenvalue weighted by Crippen LogP contribution is 2.21. The fourth-order valence-electron chi connectivity index (χ4n) is 4.52. The van der Waals surface area contributed by atoms with Crippen LogP contribution in [-0.2, 0) is 6.54 Å². The van der Waals surface area contributed by atoms with Crippen LogP contribution in [0.2, 0.25) is 0 Å². The fourth-order valence-corrected chi connectivity index (χ4v) is 4.52. The predicted molar refractivity (Wildman–Crippen MR) is 185 cm³/mol. The molecular formula is C37H44BrN2O6+. The van der Waals surface area contributed by atoms with Crippen molar-refractivity contribution < 1.29 is 33.1 Å². The number of hydrogen-bond donors (Lipinski definition) is 0. The molecule has 0 aliphatic carbocycles. The molecule has 1 aromatic heterocycles. The fraction of sp³-hybridized carbons (Fsp3) is 0.324. The van der Waals surface area contributed by atoms with E-state index in [0.29, 0.717) is 48.1 Å². The molecule has 0 unspecified atom stereocenters. The van der Waals surface area contributed by atoms with Crippen molar-refractivity contribution in [2.24, 2.45) is 0 Å². The first-order chi connectivity index (χ1) is 21.9. The van der Waals surface area contributed by atoms with Crippen LogP contribution in [0.1, 0.15) is 66.2 Å². The van der Waals surface area contributed by atoms with Gasteiger partial charge in [-0.25, -0.2) is 14.2 Å². The second-order valence-electron chi connectivity index (χ2n) is 11.0. The van der Waals surface area contributed by atoms with Gasteiger partial charge in [0.2, 0.25) is 0 Å². The lowest BCUT2D eigenvalue weighted by Gasteiger charge is -2.10. The van der Waals surface area contributed by atoms with Gasteiger partial charge in [-0.15, -0.1) is 17.0 Å². The van der Waals surface area contributed by atoms with Crippen LogP contribution in [0.5, 0.6) is 23.0 Å². The van der Waals surface area contributed by atoms with Crippen LogP contribution >= 0.6 is 17.0 Å². The molecule has 9 heteroatoms. The number of ether oxygens (including phenoxy) is 4. The molecule has 0 amide bonds. The van der Waals surface area contributed by atoms with Crippen LogP contribution in [0.25, 0.3) is 0 Å². The molecule has 0 fully saturated rings. The van der Waals surface area contributed by atoms with Gasteiger partial charge < -0.3 is 23.8 Å². The summed E-state index contributed by atoms with van der Waals surface area (Å²) < 4.78 is 24.6. The SMILES string of the molecule is Br.CCCCCCCCOc1ccc(C(=O)Oc2ccc(OC(=O)c3ccc(OCC[n+]4ccc(N(C)C)cc4)cc3)cc2)cc1. The number of unbranched alkanes of at least 4 members (excludes halogenated alkanes) is 5. The van der Waals surface area contributed by atoms with Gasteiger partial charge in [0.15, 0.2) is 18.9 Å². The molecule has 46 heavy (non-hydrogen) atoms. The number of pyridine rings is 1. The Balaban J connectivity index is 0.00000576. The van der Waals surface area contributed by atoms with Crippen LogP contribution in [0, 0.1) is 0 Å². The molecule has 0 saturated heterocycles. The van der Waals surface area contributed by atoms with Gasteiger partial charge >= 0.3 is 11.9 Å². The summed E-state index contributed by atoms with van der Waals surface area (Å²) in [5, 5.41) is 0. The molecule has 8 nitrogen and oxygen atoms in total. The Hall–Kier alpha value is -4.37. The lowest BCUT2D eigenvalue weighted by atomic mass is 10.1. The molecule has 0 aliphatic rings. The third-order valence-electron chi connectivity index (χ3n) is 7.20. The van der Waals surface area contributed by atoms with Crippen LogP contribution in [-0.4, -0.2) is 39.2 Å². The van der Waals surface area contributed by atoms with E-state index in [9.17, 15) is 9.59 Å². The topological polar surface area (TPSA) is 78.2 Å². The Morgan fingerprint density at radius 1 is 0.587 bits per heavy atom. The van der Waals surface area contributed by atoms with Gasteiger partial charge in [0.25, 0.3) is 0 Å². The molecule has 3 aromatic carbocycles. The molecule has 0 saturated carbocycles. The largest absolute Gasteiger partial charge is 0.494 e. The standard InChI is InChI=1S/C37H43N2O6.BrH/c1-4-5-6-7-8-9-27-42-32-14-10-29(11-15-32)36(40)44-34-18-20-35(21-19-34)45-37(41)30-12-16-33(17-13-30)43-28-26-39-24-22-31(23-25-39)38(2)3;/h10-25H,4-9,26-28H2,1-3H3;1H/q+1;. The van der Waals surface area contributed by atoms with E-state index >= 15 is 0 Å². The zero-order valence-electron chi connectivity index (χ0n) is 26.9. The van der Waals surface area contributed by atoms with Gasteiger partial charge in [-0.05, 0) is 79.2 Å². The zero-order valence-corrected chi connectivity index (χ0v) is 28.6. The number of aromatic nitrogens is 1. The van der Waals surface area contributed by atoms with Crippen molar-refractivity contribution >= 4 is 34.6 Å². The maximum Gasteiger partial charge on any atom is 0.343 e. The van der Waals surface area contributed by atoms with E-state index in [0.717, 1.165) is 17.9 Å². The number of hydrogen-bond acceptors (Lipinski definition) is 7. The number of esters is 2. The number of carbonyl (C=O) groups excluding carboxylic acids is 2. The molecular weight excluding hydrogens is 648 g/mol. The van der Waals surface area contributed by atoms with Gasteiger partial charge in [0, 0.05) is 31.9 Å². The summed E-state index contributed by atoms with van der Waals surface area (Å²) in [7, 11) is 4.01. The molecule has 0 bridgehead atoms. The maximum atomic E-state index is 12.6. The van der Waals surface area contributed by atoms with Crippen LogP contribution < -0.4 is 28.4 Å². The van der Waals surface area contributed by atoms with Crippen LogP contribution in [0.3, 0.4) is 0 Å². The van der Waals surface area contributed by atoms with Gasteiger partial charge in [-0.3, -0.25) is 0 Å². The summed E-state index contributed by atoms with van der Waals surface area (Å²) in [4.78, 5) is 27.3. The van der Waals surface area contributed by atoms with Crippen LogP contribution in [0.4, 0.5) is 5.69 Å². The minimum absolute atomic E-state index is 0. The lowest BCUT2D eigenvalue weighted by Crippen LogP contribution is -2.35. The Morgan fingerprint density at radius 3 is 1.50 bits per heavy atom. The third kappa shape index (κ3) is 11.9. The summed E-state index contributed by atoms with van der Waals surface area (Å²) in [6.07, 6.45) is 11.3. The minimum Gasteiger partial charge on any atom is -0.494 e. The Kier molecular flexibility index (Phi) is 15.1. The normalized spacial score (nSPS) is 10.4. The monoisotopic (exact) mass is 691 g/mol. The molecule has 4 rings (SSSR count). The predicted octanol–water partition coefficient (Wildman–Crippen LogP) is 7.87. The van der Waals surface area contributed by atoms with Crippen LogP contribution in [0.15, 0.2) is 97.3 Å². The Morgan fingerprint density at radius 2 is 1.02 bits per heavy atom. The van der Waals surface area contributed by atoms with Crippen molar-refractivity contribution in [3.63, 3.8) is 0 Å².